The van der Waals surface area contributed by atoms with Gasteiger partial charge in [0.1, 0.15) is 5.69 Å². The second kappa shape index (κ2) is 11.5. The Labute approximate surface area is 248 Å². The van der Waals surface area contributed by atoms with Gasteiger partial charge in [0, 0.05) is 67.5 Å². The number of aryl methyl sites for hydroxylation is 2. The molecule has 1 saturated heterocycles. The Morgan fingerprint density at radius 3 is 2.42 bits per heavy atom. The third-order valence-corrected chi connectivity index (χ3v) is 8.75. The smallest absolute Gasteiger partial charge is 0.369 e. The molecule has 0 atom stereocenters. The van der Waals surface area contributed by atoms with E-state index in [0.717, 1.165) is 36.0 Å². The Bertz CT molecular complexity index is 1630. The van der Waals surface area contributed by atoms with Gasteiger partial charge in [-0.25, -0.2) is 4.68 Å². The summed E-state index contributed by atoms with van der Waals surface area (Å²) in [4.78, 5) is 17.8. The molecule has 1 aliphatic heterocycles. The largest absolute Gasteiger partial charge is 0.416 e. The first kappa shape index (κ1) is 28.9. The minimum Gasteiger partial charge on any atom is -0.369 e. The molecule has 0 radical (unpaired) electrons. The first-order chi connectivity index (χ1) is 20.6. The third kappa shape index (κ3) is 6.01. The first-order valence-corrected chi connectivity index (χ1v) is 14.6. The van der Waals surface area contributed by atoms with E-state index in [4.69, 9.17) is 0 Å². The zero-order valence-electron chi connectivity index (χ0n) is 24.5. The van der Waals surface area contributed by atoms with Gasteiger partial charge >= 0.3 is 6.18 Å². The summed E-state index contributed by atoms with van der Waals surface area (Å²) in [6, 6.07) is 9.48. The molecule has 0 unspecified atom stereocenters. The molecule has 2 fully saturated rings. The van der Waals surface area contributed by atoms with Gasteiger partial charge in [-0.05, 0) is 62.6 Å². The topological polar surface area (TPSA) is 84.1 Å². The van der Waals surface area contributed by atoms with E-state index in [9.17, 15) is 18.0 Å². The van der Waals surface area contributed by atoms with E-state index in [1.165, 1.54) is 31.7 Å². The van der Waals surface area contributed by atoms with Crippen LogP contribution in [0.1, 0.15) is 52.9 Å². The number of benzene rings is 2. The molecule has 43 heavy (non-hydrogen) atoms. The maximum absolute atomic E-state index is 13.9. The summed E-state index contributed by atoms with van der Waals surface area (Å²) in [5.74, 6) is -0.513. The average Bonchev–Trinajstić information content (AvgIpc) is 3.76. The number of anilines is 2. The Balaban J connectivity index is 1.22. The fraction of sp³-hybridized carbons (Fsp3) is 0.419. The lowest BCUT2D eigenvalue weighted by Crippen LogP contribution is -2.49. The van der Waals surface area contributed by atoms with E-state index in [-0.39, 0.29) is 5.69 Å². The van der Waals surface area contributed by atoms with Crippen molar-refractivity contribution in [3.8, 4) is 16.9 Å². The molecule has 6 rings (SSSR count). The van der Waals surface area contributed by atoms with Crippen molar-refractivity contribution < 1.29 is 18.0 Å². The second-order valence-corrected chi connectivity index (χ2v) is 11.5. The van der Waals surface area contributed by atoms with Crippen LogP contribution in [0.2, 0.25) is 0 Å². The molecule has 2 aromatic heterocycles. The van der Waals surface area contributed by atoms with Crippen molar-refractivity contribution >= 4 is 17.3 Å². The lowest BCUT2D eigenvalue weighted by Gasteiger charge is -2.39. The number of hydrogen-bond donors (Lipinski definition) is 1. The van der Waals surface area contributed by atoms with Crippen molar-refractivity contribution in [2.45, 2.75) is 51.7 Å². The van der Waals surface area contributed by atoms with E-state index in [1.807, 2.05) is 25.8 Å². The van der Waals surface area contributed by atoms with Crippen molar-refractivity contribution in [3.63, 3.8) is 0 Å². The summed E-state index contributed by atoms with van der Waals surface area (Å²) >= 11 is 0. The van der Waals surface area contributed by atoms with Gasteiger partial charge in [-0.15, -0.1) is 5.10 Å². The number of piperazine rings is 1. The van der Waals surface area contributed by atoms with Gasteiger partial charge < -0.3 is 10.2 Å². The molecule has 4 aromatic rings. The highest BCUT2D eigenvalue weighted by Gasteiger charge is 2.33. The van der Waals surface area contributed by atoms with Crippen LogP contribution in [-0.2, 0) is 13.2 Å². The third-order valence-electron chi connectivity index (χ3n) is 8.75. The van der Waals surface area contributed by atoms with Crippen LogP contribution in [0.25, 0.3) is 16.9 Å². The number of amides is 1. The van der Waals surface area contributed by atoms with E-state index < -0.39 is 17.6 Å². The molecule has 2 aromatic carbocycles. The molecule has 1 N–H and O–H groups in total. The van der Waals surface area contributed by atoms with Gasteiger partial charge in [-0.1, -0.05) is 24.1 Å². The Morgan fingerprint density at radius 1 is 1.00 bits per heavy atom. The average molecular weight is 593 g/mol. The predicted octanol–water partition coefficient (Wildman–Crippen LogP) is 5.62. The number of halogens is 3. The highest BCUT2D eigenvalue weighted by atomic mass is 19.4. The highest BCUT2D eigenvalue weighted by molar-refractivity contribution is 6.05. The minimum absolute atomic E-state index is 0.102. The fourth-order valence-corrected chi connectivity index (χ4v) is 6.10. The van der Waals surface area contributed by atoms with Crippen LogP contribution >= 0.6 is 0 Å². The summed E-state index contributed by atoms with van der Waals surface area (Å²) < 4.78 is 45.1. The molecule has 3 heterocycles. The summed E-state index contributed by atoms with van der Waals surface area (Å²) in [6.45, 7) is 6.75. The molecule has 226 valence electrons. The van der Waals surface area contributed by atoms with Crippen molar-refractivity contribution in [1.82, 2.24) is 29.7 Å². The van der Waals surface area contributed by atoms with Crippen LogP contribution in [-0.4, -0.2) is 67.8 Å². The van der Waals surface area contributed by atoms with Crippen molar-refractivity contribution in [1.29, 1.82) is 0 Å². The van der Waals surface area contributed by atoms with Gasteiger partial charge in [0.25, 0.3) is 5.91 Å². The van der Waals surface area contributed by atoms with Gasteiger partial charge in [0.2, 0.25) is 0 Å². The second-order valence-electron chi connectivity index (χ2n) is 11.5. The van der Waals surface area contributed by atoms with E-state index in [1.54, 1.807) is 46.0 Å². The first-order valence-electron chi connectivity index (χ1n) is 14.6. The number of nitrogens with one attached hydrogen (secondary N) is 1. The molecular formula is C31H35F3N8O. The summed E-state index contributed by atoms with van der Waals surface area (Å²) in [6.07, 6.45) is 3.82. The van der Waals surface area contributed by atoms with Crippen molar-refractivity contribution in [2.24, 2.45) is 7.05 Å². The van der Waals surface area contributed by atoms with Crippen LogP contribution < -0.4 is 10.2 Å². The predicted molar refractivity (Wildman–Crippen MR) is 158 cm³/mol. The number of nitrogens with zero attached hydrogens (tertiary/aromatic N) is 7. The Kier molecular flexibility index (Phi) is 7.72. The molecule has 1 amide bonds. The van der Waals surface area contributed by atoms with Crippen LogP contribution in [0.3, 0.4) is 0 Å². The van der Waals surface area contributed by atoms with Gasteiger partial charge in [-0.3, -0.25) is 14.4 Å². The number of carbonyl (C=O) groups is 1. The quantitative estimate of drug-likeness (QED) is 0.313. The Hall–Kier alpha value is -4.19. The molecule has 1 aliphatic carbocycles. The van der Waals surface area contributed by atoms with Gasteiger partial charge in [-0.2, -0.15) is 18.3 Å². The summed E-state index contributed by atoms with van der Waals surface area (Å²) in [7, 11) is 1.85. The summed E-state index contributed by atoms with van der Waals surface area (Å²) in [5, 5.41) is 15.5. The lowest BCUT2D eigenvalue weighted by molar-refractivity contribution is -0.137. The lowest BCUT2D eigenvalue weighted by atomic mass is 10.1. The molecule has 1 saturated carbocycles. The molecule has 2 aliphatic rings. The number of alkyl halides is 3. The normalized spacial score (nSPS) is 16.7. The monoisotopic (exact) mass is 592 g/mol. The van der Waals surface area contributed by atoms with Crippen LogP contribution in [0.5, 0.6) is 0 Å². The highest BCUT2D eigenvalue weighted by Crippen LogP contribution is 2.35. The maximum atomic E-state index is 13.9. The molecule has 0 bridgehead atoms. The zero-order valence-corrected chi connectivity index (χ0v) is 24.5. The zero-order chi connectivity index (χ0) is 30.3. The molecule has 0 spiro atoms. The van der Waals surface area contributed by atoms with E-state index >= 15 is 0 Å². The van der Waals surface area contributed by atoms with E-state index in [0.29, 0.717) is 41.8 Å². The standard InChI is InChI=1S/C31H35F3N8O/c1-20-8-9-22(14-29(20)42-19-28(37-38-42)27-18-35-39(3)21(27)2)30(43)36-24-15-23(31(32,33)34)16-26(17-24)41-12-10-40(11-13-41)25-6-4-5-7-25/h8-9,14-19,25H,4-7,10-13H2,1-3H3,(H,36,43). The van der Waals surface area contributed by atoms with Crippen LogP contribution in [0.4, 0.5) is 24.5 Å². The Morgan fingerprint density at radius 2 is 1.74 bits per heavy atom. The van der Waals surface area contributed by atoms with Crippen molar-refractivity contribution in [3.05, 3.63) is 71.2 Å². The van der Waals surface area contributed by atoms with Crippen molar-refractivity contribution in [2.75, 3.05) is 36.4 Å². The van der Waals surface area contributed by atoms with E-state index in [2.05, 4.69) is 25.6 Å². The molecule has 12 heteroatoms. The number of carbonyl (C=O) groups excluding carboxylic acids is 1. The van der Waals surface area contributed by atoms with Crippen LogP contribution in [0.15, 0.2) is 48.8 Å². The summed E-state index contributed by atoms with van der Waals surface area (Å²) in [5.41, 5.74) is 3.98. The fourth-order valence-electron chi connectivity index (χ4n) is 6.10. The number of hydrogen-bond acceptors (Lipinski definition) is 6. The maximum Gasteiger partial charge on any atom is 0.416 e. The minimum atomic E-state index is -4.55. The van der Waals surface area contributed by atoms with Gasteiger partial charge in [0.05, 0.1) is 23.6 Å². The SMILES string of the molecule is Cc1ccc(C(=O)Nc2cc(N3CCN(C4CCCC4)CC3)cc(C(F)(F)F)c2)cc1-n1cc(-c2cnn(C)c2C)nn1. The number of aromatic nitrogens is 5. The van der Waals surface area contributed by atoms with Gasteiger partial charge in [0.15, 0.2) is 0 Å². The number of rotatable bonds is 6. The molecule has 9 nitrogen and oxygen atoms in total. The molecular weight excluding hydrogens is 557 g/mol. The van der Waals surface area contributed by atoms with Crippen LogP contribution in [0, 0.1) is 13.8 Å².